The van der Waals surface area contributed by atoms with Gasteiger partial charge in [-0.1, -0.05) is 31.2 Å². The van der Waals surface area contributed by atoms with Gasteiger partial charge in [0.05, 0.1) is 5.75 Å². The molecule has 82 valence electrons. The van der Waals surface area contributed by atoms with Crippen LogP contribution in [0.5, 0.6) is 0 Å². The molecule has 1 aromatic carbocycles. The fraction of sp³-hybridized carbons (Fsp3) is 0.364. The molecule has 0 saturated heterocycles. The summed E-state index contributed by atoms with van der Waals surface area (Å²) in [6, 6.07) is 6.71. The Kier molecular flexibility index (Phi) is 3.63. The first-order valence-electron chi connectivity index (χ1n) is 4.72. The van der Waals surface area contributed by atoms with Gasteiger partial charge in [0.1, 0.15) is 0 Å². The molecule has 0 heterocycles. The van der Waals surface area contributed by atoms with Crippen molar-refractivity contribution in [2.75, 3.05) is 6.26 Å². The van der Waals surface area contributed by atoms with E-state index in [1.165, 1.54) is 6.26 Å². The maximum Gasteiger partial charge on any atom is 0.162 e. The molecule has 0 N–H and O–H groups in total. The third-order valence-electron chi connectivity index (χ3n) is 2.03. The van der Waals surface area contributed by atoms with E-state index in [2.05, 4.69) is 0 Å². The van der Waals surface area contributed by atoms with Gasteiger partial charge in [-0.05, 0) is 5.56 Å². The molecule has 0 aromatic heterocycles. The van der Waals surface area contributed by atoms with Crippen LogP contribution in [0, 0.1) is 0 Å². The first-order chi connectivity index (χ1) is 6.92. The molecule has 0 bridgehead atoms. The zero-order chi connectivity index (χ0) is 11.5. The quantitative estimate of drug-likeness (QED) is 0.736. The lowest BCUT2D eigenvalue weighted by Crippen LogP contribution is -2.01. The van der Waals surface area contributed by atoms with Crippen molar-refractivity contribution in [2.45, 2.75) is 19.1 Å². The summed E-state index contributed by atoms with van der Waals surface area (Å²) in [5.41, 5.74) is 1.35. The third kappa shape index (κ3) is 3.83. The summed E-state index contributed by atoms with van der Waals surface area (Å²) in [5, 5.41) is 0. The van der Waals surface area contributed by atoms with E-state index in [4.69, 9.17) is 0 Å². The summed E-state index contributed by atoms with van der Waals surface area (Å²) in [6.07, 6.45) is 1.66. The molecule has 0 saturated carbocycles. The zero-order valence-corrected chi connectivity index (χ0v) is 9.67. The Balaban J connectivity index is 2.86. The van der Waals surface area contributed by atoms with E-state index in [9.17, 15) is 13.2 Å². The van der Waals surface area contributed by atoms with Gasteiger partial charge < -0.3 is 0 Å². The summed E-state index contributed by atoms with van der Waals surface area (Å²) in [6.45, 7) is 1.80. The molecule has 0 aliphatic rings. The molecular weight excluding hydrogens is 212 g/mol. The Labute approximate surface area is 90.0 Å². The summed E-state index contributed by atoms with van der Waals surface area (Å²) in [5.74, 6) is 0.0917. The second kappa shape index (κ2) is 4.57. The second-order valence-electron chi connectivity index (χ2n) is 3.54. The first kappa shape index (κ1) is 11.9. The van der Waals surface area contributed by atoms with Crippen molar-refractivity contribution < 1.29 is 13.2 Å². The number of carbonyl (C=O) groups excluding carboxylic acids is 1. The molecule has 15 heavy (non-hydrogen) atoms. The van der Waals surface area contributed by atoms with Crippen LogP contribution in [0.2, 0.25) is 0 Å². The molecule has 1 rings (SSSR count). The smallest absolute Gasteiger partial charge is 0.162 e. The third-order valence-corrected chi connectivity index (χ3v) is 2.88. The first-order valence-corrected chi connectivity index (χ1v) is 6.78. The van der Waals surface area contributed by atoms with Crippen LogP contribution >= 0.6 is 0 Å². The van der Waals surface area contributed by atoms with Crippen molar-refractivity contribution in [2.24, 2.45) is 0 Å². The van der Waals surface area contributed by atoms with Crippen molar-refractivity contribution >= 4 is 15.6 Å². The number of benzene rings is 1. The standard InChI is InChI=1S/C11H14O3S/c1-3-11(12)10-6-4-9(5-7-10)8-15(2,13)14/h4-7H,3,8H2,1-2H3. The summed E-state index contributed by atoms with van der Waals surface area (Å²) in [7, 11) is -3.00. The molecule has 0 radical (unpaired) electrons. The van der Waals surface area contributed by atoms with Crippen LogP contribution in [0.25, 0.3) is 0 Å². The van der Waals surface area contributed by atoms with Crippen molar-refractivity contribution in [1.82, 2.24) is 0 Å². The lowest BCUT2D eigenvalue weighted by Gasteiger charge is -2.01. The molecule has 0 fully saturated rings. The lowest BCUT2D eigenvalue weighted by atomic mass is 10.1. The van der Waals surface area contributed by atoms with Gasteiger partial charge >= 0.3 is 0 Å². The highest BCUT2D eigenvalue weighted by atomic mass is 32.2. The minimum Gasteiger partial charge on any atom is -0.294 e. The molecule has 0 atom stereocenters. The van der Waals surface area contributed by atoms with Gasteiger partial charge in [0.15, 0.2) is 15.6 Å². The van der Waals surface area contributed by atoms with Crippen LogP contribution in [-0.4, -0.2) is 20.5 Å². The predicted octanol–water partition coefficient (Wildman–Crippen LogP) is 1.82. The molecule has 0 aliphatic carbocycles. The van der Waals surface area contributed by atoms with Crippen LogP contribution in [0.1, 0.15) is 29.3 Å². The Morgan fingerprint density at radius 2 is 1.73 bits per heavy atom. The average Bonchev–Trinajstić information content (AvgIpc) is 2.15. The van der Waals surface area contributed by atoms with E-state index in [1.807, 2.05) is 0 Å². The van der Waals surface area contributed by atoms with Gasteiger partial charge in [-0.2, -0.15) is 0 Å². The van der Waals surface area contributed by atoms with E-state index in [0.29, 0.717) is 17.5 Å². The number of Topliss-reactive ketones (excluding diaryl/α,β-unsaturated/α-hetero) is 1. The van der Waals surface area contributed by atoms with E-state index < -0.39 is 9.84 Å². The number of carbonyl (C=O) groups is 1. The minimum atomic E-state index is -3.00. The topological polar surface area (TPSA) is 51.2 Å². The van der Waals surface area contributed by atoms with Crippen LogP contribution in [0.3, 0.4) is 0 Å². The average molecular weight is 226 g/mol. The highest BCUT2D eigenvalue weighted by molar-refractivity contribution is 7.89. The molecule has 0 spiro atoms. The highest BCUT2D eigenvalue weighted by Gasteiger charge is 2.06. The normalized spacial score (nSPS) is 11.3. The Morgan fingerprint density at radius 1 is 1.20 bits per heavy atom. The van der Waals surface area contributed by atoms with E-state index in [0.717, 1.165) is 0 Å². The minimum absolute atomic E-state index is 0.0214. The molecule has 3 nitrogen and oxygen atoms in total. The Bertz CT molecular complexity index is 443. The molecule has 4 heteroatoms. The van der Waals surface area contributed by atoms with Crippen molar-refractivity contribution in [3.8, 4) is 0 Å². The second-order valence-corrected chi connectivity index (χ2v) is 5.68. The monoisotopic (exact) mass is 226 g/mol. The summed E-state index contributed by atoms with van der Waals surface area (Å²) in [4.78, 5) is 11.3. The zero-order valence-electron chi connectivity index (χ0n) is 8.86. The largest absolute Gasteiger partial charge is 0.294 e. The van der Waals surface area contributed by atoms with E-state index in [-0.39, 0.29) is 11.5 Å². The fourth-order valence-electron chi connectivity index (χ4n) is 1.29. The van der Waals surface area contributed by atoms with E-state index in [1.54, 1.807) is 31.2 Å². The highest BCUT2D eigenvalue weighted by Crippen LogP contribution is 2.09. The predicted molar refractivity (Wildman–Crippen MR) is 59.6 cm³/mol. The number of rotatable bonds is 4. The van der Waals surface area contributed by atoms with Crippen LogP contribution in [-0.2, 0) is 15.6 Å². The number of ketones is 1. The molecular formula is C11H14O3S. The van der Waals surface area contributed by atoms with Crippen LogP contribution in [0.15, 0.2) is 24.3 Å². The van der Waals surface area contributed by atoms with Gasteiger partial charge in [0.2, 0.25) is 0 Å². The maximum absolute atomic E-state index is 11.3. The molecule has 0 unspecified atom stereocenters. The van der Waals surface area contributed by atoms with E-state index >= 15 is 0 Å². The number of hydrogen-bond donors (Lipinski definition) is 0. The van der Waals surface area contributed by atoms with Crippen molar-refractivity contribution in [3.63, 3.8) is 0 Å². The van der Waals surface area contributed by atoms with Crippen molar-refractivity contribution in [1.29, 1.82) is 0 Å². The summed E-state index contributed by atoms with van der Waals surface area (Å²) < 4.78 is 22.0. The van der Waals surface area contributed by atoms with Crippen LogP contribution < -0.4 is 0 Å². The van der Waals surface area contributed by atoms with Gasteiger partial charge in [0, 0.05) is 18.2 Å². The fourth-order valence-corrected chi connectivity index (χ4v) is 2.09. The molecule has 1 aromatic rings. The van der Waals surface area contributed by atoms with Gasteiger partial charge in [0.25, 0.3) is 0 Å². The van der Waals surface area contributed by atoms with Gasteiger partial charge in [-0.15, -0.1) is 0 Å². The van der Waals surface area contributed by atoms with Crippen molar-refractivity contribution in [3.05, 3.63) is 35.4 Å². The number of sulfone groups is 1. The number of hydrogen-bond acceptors (Lipinski definition) is 3. The lowest BCUT2D eigenvalue weighted by molar-refractivity contribution is 0.0988. The summed E-state index contributed by atoms with van der Waals surface area (Å²) >= 11 is 0. The maximum atomic E-state index is 11.3. The SMILES string of the molecule is CCC(=O)c1ccc(CS(C)(=O)=O)cc1. The Morgan fingerprint density at radius 3 is 2.13 bits per heavy atom. The molecule has 0 amide bonds. The Hall–Kier alpha value is -1.16. The van der Waals surface area contributed by atoms with Crippen LogP contribution in [0.4, 0.5) is 0 Å². The van der Waals surface area contributed by atoms with Gasteiger partial charge in [-0.25, -0.2) is 8.42 Å². The molecule has 0 aliphatic heterocycles. The van der Waals surface area contributed by atoms with Gasteiger partial charge in [-0.3, -0.25) is 4.79 Å².